The van der Waals surface area contributed by atoms with Gasteiger partial charge in [-0.05, 0) is 68.0 Å². The molecule has 204 valence electrons. The standard InChI is InChI=1S/C30H23ClN6O4/c1-18-8-7-15-36-26(18)34-28(41-23-13-11-21(31)12-14-23)24(29(36)39)16-20(17-32)27(38)33-25-19(2)35(3)37(30(25)40)22-9-5-4-6-10-22/h4-16H,1-3H3,(H,33,38). The third-order valence-corrected chi connectivity index (χ3v) is 6.78. The Bertz CT molecular complexity index is 2000. The number of nitriles is 1. The van der Waals surface area contributed by atoms with E-state index in [-0.39, 0.29) is 17.1 Å². The summed E-state index contributed by atoms with van der Waals surface area (Å²) in [6.45, 7) is 3.47. The molecule has 1 N–H and O–H groups in total. The molecule has 0 aliphatic heterocycles. The molecule has 10 nitrogen and oxygen atoms in total. The highest BCUT2D eigenvalue weighted by atomic mass is 35.5. The summed E-state index contributed by atoms with van der Waals surface area (Å²) in [5.74, 6) is -0.627. The summed E-state index contributed by atoms with van der Waals surface area (Å²) in [5.41, 5.74) is 0.573. The second kappa shape index (κ2) is 11.0. The number of rotatable bonds is 6. The minimum atomic E-state index is -0.871. The first-order chi connectivity index (χ1) is 19.7. The summed E-state index contributed by atoms with van der Waals surface area (Å²) in [6, 6.07) is 20.7. The molecule has 0 aliphatic rings. The van der Waals surface area contributed by atoms with Crippen LogP contribution in [0.4, 0.5) is 5.69 Å². The van der Waals surface area contributed by atoms with Crippen LogP contribution in [-0.4, -0.2) is 24.7 Å². The lowest BCUT2D eigenvalue weighted by atomic mass is 10.1. The largest absolute Gasteiger partial charge is 0.438 e. The van der Waals surface area contributed by atoms with Crippen molar-refractivity contribution in [3.63, 3.8) is 0 Å². The van der Waals surface area contributed by atoms with Crippen molar-refractivity contribution in [3.05, 3.63) is 121 Å². The summed E-state index contributed by atoms with van der Waals surface area (Å²) < 4.78 is 10.2. The van der Waals surface area contributed by atoms with E-state index < -0.39 is 22.6 Å². The normalized spacial score (nSPS) is 11.3. The molecule has 0 spiro atoms. The zero-order valence-corrected chi connectivity index (χ0v) is 23.0. The molecule has 0 unspecified atom stereocenters. The molecule has 11 heteroatoms. The van der Waals surface area contributed by atoms with Gasteiger partial charge in [0.25, 0.3) is 17.0 Å². The van der Waals surface area contributed by atoms with Crippen LogP contribution in [0.2, 0.25) is 5.02 Å². The molecular formula is C30H23ClN6O4. The zero-order valence-electron chi connectivity index (χ0n) is 22.3. The average molecular weight is 567 g/mol. The number of ether oxygens (including phenoxy) is 1. The maximum Gasteiger partial charge on any atom is 0.295 e. The van der Waals surface area contributed by atoms with Crippen molar-refractivity contribution < 1.29 is 9.53 Å². The molecule has 0 fully saturated rings. The van der Waals surface area contributed by atoms with Gasteiger partial charge in [-0.1, -0.05) is 35.9 Å². The van der Waals surface area contributed by atoms with Crippen molar-refractivity contribution in [3.8, 4) is 23.4 Å². The van der Waals surface area contributed by atoms with Gasteiger partial charge >= 0.3 is 0 Å². The first kappa shape index (κ1) is 27.2. The van der Waals surface area contributed by atoms with Gasteiger partial charge in [0.05, 0.1) is 11.4 Å². The average Bonchev–Trinajstić information content (AvgIpc) is 3.18. The SMILES string of the molecule is Cc1cccn2c(=O)c(C=C(C#N)C(=O)Nc3c(C)n(C)n(-c4ccccc4)c3=O)c(Oc3ccc(Cl)cc3)nc12. The van der Waals surface area contributed by atoms with Gasteiger partial charge in [0.2, 0.25) is 5.88 Å². The molecular weight excluding hydrogens is 544 g/mol. The van der Waals surface area contributed by atoms with Gasteiger partial charge in [-0.3, -0.25) is 23.5 Å². The Labute approximate surface area is 238 Å². The molecule has 3 heterocycles. The third kappa shape index (κ3) is 5.14. The van der Waals surface area contributed by atoms with Crippen LogP contribution in [0.25, 0.3) is 17.4 Å². The number of nitrogens with one attached hydrogen (secondary N) is 1. The van der Waals surface area contributed by atoms with Crippen molar-refractivity contribution in [1.82, 2.24) is 18.7 Å². The third-order valence-electron chi connectivity index (χ3n) is 6.52. The first-order valence-corrected chi connectivity index (χ1v) is 12.8. The van der Waals surface area contributed by atoms with E-state index in [1.807, 2.05) is 12.1 Å². The number of aromatic nitrogens is 4. The van der Waals surface area contributed by atoms with Crippen LogP contribution in [0.5, 0.6) is 11.6 Å². The predicted molar refractivity (Wildman–Crippen MR) is 156 cm³/mol. The van der Waals surface area contributed by atoms with Gasteiger partial charge in [-0.2, -0.15) is 10.2 Å². The van der Waals surface area contributed by atoms with Crippen molar-refractivity contribution in [2.24, 2.45) is 7.05 Å². The lowest BCUT2D eigenvalue weighted by molar-refractivity contribution is -0.112. The van der Waals surface area contributed by atoms with Gasteiger partial charge in [0.1, 0.15) is 34.3 Å². The lowest BCUT2D eigenvalue weighted by Gasteiger charge is -2.11. The number of fused-ring (bicyclic) bond motifs is 1. The molecule has 2 aromatic carbocycles. The highest BCUT2D eigenvalue weighted by Crippen LogP contribution is 2.26. The monoisotopic (exact) mass is 566 g/mol. The molecule has 0 saturated carbocycles. The Kier molecular flexibility index (Phi) is 7.29. The highest BCUT2D eigenvalue weighted by molar-refractivity contribution is 6.30. The Morgan fingerprint density at radius 3 is 2.41 bits per heavy atom. The van der Waals surface area contributed by atoms with Crippen LogP contribution in [-0.2, 0) is 11.8 Å². The molecule has 5 rings (SSSR count). The summed E-state index contributed by atoms with van der Waals surface area (Å²) >= 11 is 5.99. The number of pyridine rings is 1. The van der Waals surface area contributed by atoms with Crippen LogP contribution in [0.1, 0.15) is 16.8 Å². The van der Waals surface area contributed by atoms with Gasteiger partial charge in [0.15, 0.2) is 0 Å². The number of hydrogen-bond donors (Lipinski definition) is 1. The molecule has 5 aromatic rings. The van der Waals surface area contributed by atoms with Crippen LogP contribution in [0, 0.1) is 25.2 Å². The molecule has 0 atom stereocenters. The summed E-state index contributed by atoms with van der Waals surface area (Å²) in [4.78, 5) is 44.7. The summed E-state index contributed by atoms with van der Waals surface area (Å²) in [5, 5.41) is 13.0. The molecule has 0 saturated heterocycles. The minimum absolute atomic E-state index is 0.00382. The van der Waals surface area contributed by atoms with E-state index >= 15 is 0 Å². The van der Waals surface area contributed by atoms with Crippen LogP contribution in [0.3, 0.4) is 0 Å². The predicted octanol–water partition coefficient (Wildman–Crippen LogP) is 4.79. The minimum Gasteiger partial charge on any atom is -0.438 e. The van der Waals surface area contributed by atoms with Crippen LogP contribution >= 0.6 is 11.6 Å². The first-order valence-electron chi connectivity index (χ1n) is 12.4. The van der Waals surface area contributed by atoms with Gasteiger partial charge < -0.3 is 10.1 Å². The number of halogens is 1. The molecule has 0 aliphatic carbocycles. The second-order valence-electron chi connectivity index (χ2n) is 9.14. The molecule has 0 radical (unpaired) electrons. The maximum atomic E-state index is 13.6. The Balaban J connectivity index is 1.59. The van der Waals surface area contributed by atoms with E-state index in [9.17, 15) is 19.6 Å². The van der Waals surface area contributed by atoms with Crippen molar-refractivity contribution in [2.75, 3.05) is 5.32 Å². The number of carbonyl (C=O) groups excluding carboxylic acids is 1. The fraction of sp³-hybridized carbons (Fsp3) is 0.100. The van der Waals surface area contributed by atoms with E-state index in [4.69, 9.17) is 16.3 Å². The number of nitrogens with zero attached hydrogens (tertiary/aromatic N) is 5. The lowest BCUT2D eigenvalue weighted by Crippen LogP contribution is -2.24. The number of benzene rings is 2. The van der Waals surface area contributed by atoms with Gasteiger partial charge in [-0.25, -0.2) is 4.68 Å². The maximum absolute atomic E-state index is 13.6. The number of hydrogen-bond acceptors (Lipinski definition) is 6. The van der Waals surface area contributed by atoms with E-state index in [0.29, 0.717) is 33.4 Å². The topological polar surface area (TPSA) is 123 Å². The van der Waals surface area contributed by atoms with E-state index in [2.05, 4.69) is 10.3 Å². The number of anilines is 1. The second-order valence-corrected chi connectivity index (χ2v) is 9.57. The van der Waals surface area contributed by atoms with E-state index in [1.165, 1.54) is 15.3 Å². The Morgan fingerprint density at radius 2 is 1.73 bits per heavy atom. The van der Waals surface area contributed by atoms with Crippen molar-refractivity contribution in [2.45, 2.75) is 13.8 Å². The number of amides is 1. The fourth-order valence-electron chi connectivity index (χ4n) is 4.29. The Morgan fingerprint density at radius 1 is 1.02 bits per heavy atom. The quantitative estimate of drug-likeness (QED) is 0.233. The van der Waals surface area contributed by atoms with Gasteiger partial charge in [-0.15, -0.1) is 0 Å². The van der Waals surface area contributed by atoms with E-state index in [0.717, 1.165) is 6.08 Å². The summed E-state index contributed by atoms with van der Waals surface area (Å²) in [7, 11) is 1.68. The molecule has 0 bridgehead atoms. The summed E-state index contributed by atoms with van der Waals surface area (Å²) in [6.07, 6.45) is 2.64. The molecule has 1 amide bonds. The molecule has 3 aromatic heterocycles. The van der Waals surface area contributed by atoms with Gasteiger partial charge in [0, 0.05) is 18.3 Å². The zero-order chi connectivity index (χ0) is 29.3. The highest BCUT2D eigenvalue weighted by Gasteiger charge is 2.22. The molecule has 41 heavy (non-hydrogen) atoms. The number of para-hydroxylation sites is 1. The number of aryl methyl sites for hydroxylation is 1. The van der Waals surface area contributed by atoms with Crippen molar-refractivity contribution in [1.29, 1.82) is 5.26 Å². The van der Waals surface area contributed by atoms with Crippen LogP contribution < -0.4 is 21.2 Å². The van der Waals surface area contributed by atoms with Crippen LogP contribution in [0.15, 0.2) is 88.1 Å². The number of carbonyl (C=O) groups is 1. The van der Waals surface area contributed by atoms with E-state index in [1.54, 1.807) is 86.2 Å². The Hall–Kier alpha value is -5.40. The fourth-order valence-corrected chi connectivity index (χ4v) is 4.42. The smallest absolute Gasteiger partial charge is 0.295 e. The van der Waals surface area contributed by atoms with Crippen molar-refractivity contribution >= 4 is 34.9 Å².